The molecular formula is C18H21F3N2O3. The van der Waals surface area contributed by atoms with Gasteiger partial charge in [-0.1, -0.05) is 18.6 Å². The number of halogens is 3. The van der Waals surface area contributed by atoms with E-state index in [0.29, 0.717) is 36.9 Å². The number of fused-ring (bicyclic) bond motifs is 1. The van der Waals surface area contributed by atoms with Crippen LogP contribution in [0.4, 0.5) is 13.2 Å². The lowest BCUT2D eigenvalue weighted by Crippen LogP contribution is -2.41. The van der Waals surface area contributed by atoms with Gasteiger partial charge in [-0.15, -0.1) is 0 Å². The lowest BCUT2D eigenvalue weighted by atomic mass is 9.85. The van der Waals surface area contributed by atoms with Gasteiger partial charge >= 0.3 is 11.9 Å². The zero-order chi connectivity index (χ0) is 18.7. The van der Waals surface area contributed by atoms with E-state index in [9.17, 15) is 22.8 Å². The van der Waals surface area contributed by atoms with Gasteiger partial charge in [0.05, 0.1) is 11.4 Å². The van der Waals surface area contributed by atoms with Gasteiger partial charge < -0.3 is 9.73 Å². The van der Waals surface area contributed by atoms with Crippen molar-refractivity contribution in [1.82, 2.24) is 9.88 Å². The predicted octanol–water partition coefficient (Wildman–Crippen LogP) is 3.61. The second kappa shape index (κ2) is 7.55. The lowest BCUT2D eigenvalue weighted by Gasteiger charge is -2.31. The summed E-state index contributed by atoms with van der Waals surface area (Å²) in [6.07, 6.45) is -2.53. The molecule has 1 aliphatic rings. The zero-order valence-corrected chi connectivity index (χ0v) is 14.2. The number of amides is 1. The summed E-state index contributed by atoms with van der Waals surface area (Å²) < 4.78 is 45.1. The Morgan fingerprint density at radius 1 is 1.27 bits per heavy atom. The van der Waals surface area contributed by atoms with Crippen molar-refractivity contribution in [1.29, 1.82) is 0 Å². The first-order valence-electron chi connectivity index (χ1n) is 8.79. The van der Waals surface area contributed by atoms with E-state index in [4.69, 9.17) is 4.42 Å². The summed E-state index contributed by atoms with van der Waals surface area (Å²) in [5.41, 5.74) is 1.15. The number of hydrogen-bond acceptors (Lipinski definition) is 3. The second-order valence-electron chi connectivity index (χ2n) is 6.76. The number of nitrogens with one attached hydrogen (secondary N) is 1. The third-order valence-electron chi connectivity index (χ3n) is 4.86. The maximum Gasteiger partial charge on any atom is 0.419 e. The van der Waals surface area contributed by atoms with Crippen LogP contribution < -0.4 is 11.1 Å². The van der Waals surface area contributed by atoms with Gasteiger partial charge in [-0.3, -0.25) is 9.36 Å². The Labute approximate surface area is 148 Å². The molecule has 2 aromatic rings. The van der Waals surface area contributed by atoms with Gasteiger partial charge in [-0.25, -0.2) is 4.79 Å². The van der Waals surface area contributed by atoms with E-state index in [1.54, 1.807) is 24.3 Å². The number of benzene rings is 1. The van der Waals surface area contributed by atoms with Gasteiger partial charge in [-0.05, 0) is 37.8 Å². The van der Waals surface area contributed by atoms with Gasteiger partial charge in [0, 0.05) is 19.0 Å². The van der Waals surface area contributed by atoms with Crippen molar-refractivity contribution in [3.63, 3.8) is 0 Å². The van der Waals surface area contributed by atoms with E-state index in [-0.39, 0.29) is 25.2 Å². The number of rotatable bonds is 5. The van der Waals surface area contributed by atoms with E-state index < -0.39 is 23.9 Å². The topological polar surface area (TPSA) is 64.2 Å². The van der Waals surface area contributed by atoms with Crippen LogP contribution in [-0.2, 0) is 11.3 Å². The first kappa shape index (κ1) is 18.5. The molecule has 3 rings (SSSR count). The molecule has 1 heterocycles. The van der Waals surface area contributed by atoms with Crippen LogP contribution >= 0.6 is 0 Å². The summed E-state index contributed by atoms with van der Waals surface area (Å²) in [6, 6.07) is 6.59. The van der Waals surface area contributed by atoms with Crippen LogP contribution in [-0.4, -0.2) is 22.7 Å². The molecule has 5 nitrogen and oxygen atoms in total. The smallest absolute Gasteiger partial charge is 0.408 e. The summed E-state index contributed by atoms with van der Waals surface area (Å²) in [6.45, 7) is 0.319. The number of alkyl halides is 3. The van der Waals surface area contributed by atoms with E-state index in [0.717, 1.165) is 0 Å². The van der Waals surface area contributed by atoms with Crippen LogP contribution in [0.1, 0.15) is 38.5 Å². The fourth-order valence-electron chi connectivity index (χ4n) is 3.54. The van der Waals surface area contributed by atoms with Gasteiger partial charge in [0.25, 0.3) is 0 Å². The SMILES string of the molecule is O=C(CCCn1c(=O)oc2ccccc21)NC1CCCC(C(F)(F)F)C1. The molecule has 26 heavy (non-hydrogen) atoms. The fourth-order valence-corrected chi connectivity index (χ4v) is 3.54. The van der Waals surface area contributed by atoms with Crippen molar-refractivity contribution in [3.8, 4) is 0 Å². The van der Waals surface area contributed by atoms with Crippen LogP contribution in [0.5, 0.6) is 0 Å². The number of oxazole rings is 1. The number of aromatic nitrogens is 1. The Morgan fingerprint density at radius 2 is 2.04 bits per heavy atom. The molecule has 2 atom stereocenters. The molecular weight excluding hydrogens is 349 g/mol. The molecule has 2 unspecified atom stereocenters. The van der Waals surface area contributed by atoms with Crippen molar-refractivity contribution >= 4 is 17.0 Å². The number of nitrogens with zero attached hydrogens (tertiary/aromatic N) is 1. The molecule has 0 saturated heterocycles. The molecule has 142 valence electrons. The molecule has 1 fully saturated rings. The third-order valence-corrected chi connectivity index (χ3v) is 4.86. The molecule has 8 heteroatoms. The number of carbonyl (C=O) groups excluding carboxylic acids is 1. The molecule has 1 aliphatic carbocycles. The minimum Gasteiger partial charge on any atom is -0.408 e. The fraction of sp³-hybridized carbons (Fsp3) is 0.556. The highest BCUT2D eigenvalue weighted by Gasteiger charge is 2.42. The summed E-state index contributed by atoms with van der Waals surface area (Å²) >= 11 is 0. The van der Waals surface area contributed by atoms with E-state index in [1.165, 1.54) is 4.57 Å². The highest BCUT2D eigenvalue weighted by atomic mass is 19.4. The number of carbonyl (C=O) groups is 1. The van der Waals surface area contributed by atoms with Gasteiger partial charge in [0.2, 0.25) is 5.91 Å². The number of hydrogen-bond donors (Lipinski definition) is 1. The Bertz CT molecular complexity index is 825. The molecule has 0 aliphatic heterocycles. The molecule has 1 amide bonds. The van der Waals surface area contributed by atoms with Gasteiger partial charge in [0.1, 0.15) is 0 Å². The van der Waals surface area contributed by atoms with Crippen molar-refractivity contribution in [2.45, 2.75) is 57.3 Å². The first-order chi connectivity index (χ1) is 12.3. The highest BCUT2D eigenvalue weighted by molar-refractivity contribution is 5.76. The minimum absolute atomic E-state index is 0.0545. The first-order valence-corrected chi connectivity index (χ1v) is 8.79. The van der Waals surface area contributed by atoms with Gasteiger partial charge in [-0.2, -0.15) is 13.2 Å². The molecule has 0 bridgehead atoms. The van der Waals surface area contributed by atoms with Crippen molar-refractivity contribution in [2.75, 3.05) is 0 Å². The molecule has 1 N–H and O–H groups in total. The largest absolute Gasteiger partial charge is 0.419 e. The quantitative estimate of drug-likeness (QED) is 0.874. The van der Waals surface area contributed by atoms with Crippen LogP contribution in [0.2, 0.25) is 0 Å². The van der Waals surface area contributed by atoms with Crippen LogP contribution in [0, 0.1) is 5.92 Å². The molecule has 1 aromatic carbocycles. The Morgan fingerprint density at radius 3 is 2.81 bits per heavy atom. The van der Waals surface area contributed by atoms with Gasteiger partial charge in [0.15, 0.2) is 5.58 Å². The lowest BCUT2D eigenvalue weighted by molar-refractivity contribution is -0.184. The number of aryl methyl sites for hydroxylation is 1. The Balaban J connectivity index is 1.50. The molecule has 1 saturated carbocycles. The standard InChI is InChI=1S/C18H21F3N2O3/c19-18(20,21)12-5-3-6-13(11-12)22-16(24)9-4-10-23-14-7-1-2-8-15(14)26-17(23)25/h1-2,7-8,12-13H,3-6,9-11H2,(H,22,24). The normalized spacial score (nSPS) is 21.0. The van der Waals surface area contributed by atoms with E-state index >= 15 is 0 Å². The van der Waals surface area contributed by atoms with Crippen LogP contribution in [0.25, 0.3) is 11.1 Å². The average Bonchev–Trinajstić information content (AvgIpc) is 2.90. The highest BCUT2D eigenvalue weighted by Crippen LogP contribution is 2.37. The zero-order valence-electron chi connectivity index (χ0n) is 14.2. The summed E-state index contributed by atoms with van der Waals surface area (Å²) in [5, 5.41) is 2.70. The van der Waals surface area contributed by atoms with Crippen molar-refractivity contribution < 1.29 is 22.4 Å². The molecule has 0 radical (unpaired) electrons. The molecule has 1 aromatic heterocycles. The average molecular weight is 370 g/mol. The Kier molecular flexibility index (Phi) is 5.38. The predicted molar refractivity (Wildman–Crippen MR) is 89.7 cm³/mol. The van der Waals surface area contributed by atoms with E-state index in [1.807, 2.05) is 0 Å². The minimum atomic E-state index is -4.20. The monoisotopic (exact) mass is 370 g/mol. The summed E-state index contributed by atoms with van der Waals surface area (Å²) in [7, 11) is 0. The maximum atomic E-state index is 12.8. The molecule has 0 spiro atoms. The van der Waals surface area contributed by atoms with Crippen molar-refractivity contribution in [2.24, 2.45) is 5.92 Å². The third kappa shape index (κ3) is 4.28. The number of para-hydroxylation sites is 2. The Hall–Kier alpha value is -2.25. The summed E-state index contributed by atoms with van der Waals surface area (Å²) in [4.78, 5) is 23.9. The van der Waals surface area contributed by atoms with Crippen LogP contribution in [0.15, 0.2) is 33.5 Å². The van der Waals surface area contributed by atoms with Crippen LogP contribution in [0.3, 0.4) is 0 Å². The summed E-state index contributed by atoms with van der Waals surface area (Å²) in [5.74, 6) is -2.09. The van der Waals surface area contributed by atoms with Crippen molar-refractivity contribution in [3.05, 3.63) is 34.8 Å². The van der Waals surface area contributed by atoms with E-state index in [2.05, 4.69) is 5.32 Å². The second-order valence-corrected chi connectivity index (χ2v) is 6.76. The maximum absolute atomic E-state index is 12.8.